The summed E-state index contributed by atoms with van der Waals surface area (Å²) < 4.78 is 0. The van der Waals surface area contributed by atoms with E-state index in [1.165, 1.54) is 0 Å². The summed E-state index contributed by atoms with van der Waals surface area (Å²) in [7, 11) is 0. The molecule has 4 atom stereocenters. The second kappa shape index (κ2) is 2.21. The summed E-state index contributed by atoms with van der Waals surface area (Å²) in [4.78, 5) is 10.7. The quantitative estimate of drug-likeness (QED) is 0.577. The van der Waals surface area contributed by atoms with E-state index in [9.17, 15) is 4.79 Å². The fourth-order valence-electron chi connectivity index (χ4n) is 2.70. The van der Waals surface area contributed by atoms with Crippen LogP contribution in [0.15, 0.2) is 0 Å². The van der Waals surface area contributed by atoms with Crippen molar-refractivity contribution in [2.45, 2.75) is 25.3 Å². The largest absolute Gasteiger partial charge is 0.481 e. The van der Waals surface area contributed by atoms with Crippen molar-refractivity contribution >= 4 is 5.97 Å². The third-order valence-corrected chi connectivity index (χ3v) is 3.27. The van der Waals surface area contributed by atoms with E-state index in [-0.39, 0.29) is 12.0 Å². The molecule has 0 heterocycles. The maximum atomic E-state index is 10.7. The summed E-state index contributed by atoms with van der Waals surface area (Å²) in [6, 6.07) is -0.0637. The van der Waals surface area contributed by atoms with Crippen molar-refractivity contribution in [2.75, 3.05) is 0 Å². The van der Waals surface area contributed by atoms with Gasteiger partial charge in [-0.1, -0.05) is 0 Å². The highest BCUT2D eigenvalue weighted by Crippen LogP contribution is 2.47. The van der Waals surface area contributed by atoms with Crippen LogP contribution in [0.5, 0.6) is 0 Å². The maximum absolute atomic E-state index is 10.7. The monoisotopic (exact) mass is 155 g/mol. The molecule has 2 bridgehead atoms. The Labute approximate surface area is 65.6 Å². The van der Waals surface area contributed by atoms with Gasteiger partial charge < -0.3 is 10.8 Å². The molecule has 0 aliphatic heterocycles. The lowest BCUT2D eigenvalue weighted by Crippen LogP contribution is -2.40. The molecule has 2 fully saturated rings. The molecular weight excluding hydrogens is 142 g/mol. The summed E-state index contributed by atoms with van der Waals surface area (Å²) in [5.41, 5.74) is 5.78. The molecule has 11 heavy (non-hydrogen) atoms. The first-order valence-corrected chi connectivity index (χ1v) is 4.18. The second-order valence-electron chi connectivity index (χ2n) is 3.77. The van der Waals surface area contributed by atoms with E-state index in [1.54, 1.807) is 0 Å². The minimum absolute atomic E-state index is 0.0637. The molecule has 2 rings (SSSR count). The summed E-state index contributed by atoms with van der Waals surface area (Å²) in [5.74, 6) is -0.0490. The SMILES string of the molecule is N[C@H]1[C@H]2CC[C@@H](C2)[C@H]1C(=O)O. The van der Waals surface area contributed by atoms with Crippen LogP contribution in [0.4, 0.5) is 0 Å². The Morgan fingerprint density at radius 3 is 2.36 bits per heavy atom. The molecule has 0 unspecified atom stereocenters. The van der Waals surface area contributed by atoms with Crippen molar-refractivity contribution in [1.29, 1.82) is 0 Å². The van der Waals surface area contributed by atoms with Crippen LogP contribution in [0.3, 0.4) is 0 Å². The van der Waals surface area contributed by atoms with Crippen molar-refractivity contribution < 1.29 is 9.90 Å². The van der Waals surface area contributed by atoms with Crippen LogP contribution in [0, 0.1) is 17.8 Å². The van der Waals surface area contributed by atoms with E-state index >= 15 is 0 Å². The Hall–Kier alpha value is -0.570. The first kappa shape index (κ1) is 7.10. The average molecular weight is 155 g/mol. The molecule has 0 spiro atoms. The van der Waals surface area contributed by atoms with Gasteiger partial charge in [0, 0.05) is 6.04 Å². The van der Waals surface area contributed by atoms with Crippen LogP contribution in [0.1, 0.15) is 19.3 Å². The highest BCUT2D eigenvalue weighted by Gasteiger charge is 2.49. The number of hydrogen-bond donors (Lipinski definition) is 2. The van der Waals surface area contributed by atoms with Crippen molar-refractivity contribution in [2.24, 2.45) is 23.5 Å². The molecule has 3 nitrogen and oxygen atoms in total. The summed E-state index contributed by atoms with van der Waals surface area (Å²) in [5, 5.41) is 8.83. The Bertz CT molecular complexity index is 191. The lowest BCUT2D eigenvalue weighted by Gasteiger charge is -2.23. The van der Waals surface area contributed by atoms with Gasteiger partial charge in [0.05, 0.1) is 5.92 Å². The van der Waals surface area contributed by atoms with Crippen molar-refractivity contribution in [3.8, 4) is 0 Å². The zero-order chi connectivity index (χ0) is 8.01. The molecule has 0 aromatic heterocycles. The van der Waals surface area contributed by atoms with Crippen molar-refractivity contribution in [3.63, 3.8) is 0 Å². The number of fused-ring (bicyclic) bond motifs is 2. The number of carbonyl (C=O) groups is 1. The van der Waals surface area contributed by atoms with E-state index < -0.39 is 5.97 Å². The van der Waals surface area contributed by atoms with Gasteiger partial charge in [-0.3, -0.25) is 4.79 Å². The van der Waals surface area contributed by atoms with E-state index in [2.05, 4.69) is 0 Å². The molecule has 0 aromatic carbocycles. The minimum Gasteiger partial charge on any atom is -0.481 e. The highest BCUT2D eigenvalue weighted by molar-refractivity contribution is 5.72. The lowest BCUT2D eigenvalue weighted by atomic mass is 9.85. The van der Waals surface area contributed by atoms with Gasteiger partial charge in [0.25, 0.3) is 0 Å². The average Bonchev–Trinajstić information content (AvgIpc) is 2.44. The third kappa shape index (κ3) is 0.872. The van der Waals surface area contributed by atoms with Crippen LogP contribution < -0.4 is 5.73 Å². The molecule has 3 heteroatoms. The van der Waals surface area contributed by atoms with Gasteiger partial charge in [-0.25, -0.2) is 0 Å². The van der Waals surface area contributed by atoms with E-state index in [0.29, 0.717) is 11.8 Å². The molecule has 0 aromatic rings. The van der Waals surface area contributed by atoms with E-state index in [1.807, 2.05) is 0 Å². The molecule has 0 saturated heterocycles. The molecule has 0 amide bonds. The molecule has 2 aliphatic rings. The van der Waals surface area contributed by atoms with Crippen molar-refractivity contribution in [3.05, 3.63) is 0 Å². The van der Waals surface area contributed by atoms with Crippen LogP contribution in [0.25, 0.3) is 0 Å². The zero-order valence-electron chi connectivity index (χ0n) is 6.36. The topological polar surface area (TPSA) is 63.3 Å². The Morgan fingerprint density at radius 1 is 1.36 bits per heavy atom. The second-order valence-corrected chi connectivity index (χ2v) is 3.77. The normalized spacial score (nSPS) is 48.1. The number of nitrogens with two attached hydrogens (primary N) is 1. The molecule has 0 radical (unpaired) electrons. The van der Waals surface area contributed by atoms with Gasteiger partial charge in [-0.15, -0.1) is 0 Å². The smallest absolute Gasteiger partial charge is 0.308 e. The maximum Gasteiger partial charge on any atom is 0.308 e. The molecule has 62 valence electrons. The molecule has 2 aliphatic carbocycles. The van der Waals surface area contributed by atoms with Gasteiger partial charge in [-0.2, -0.15) is 0 Å². The fraction of sp³-hybridized carbons (Fsp3) is 0.875. The predicted octanol–water partition coefficient (Wildman–Crippen LogP) is 0.444. The third-order valence-electron chi connectivity index (χ3n) is 3.27. The Kier molecular flexibility index (Phi) is 1.42. The zero-order valence-corrected chi connectivity index (χ0v) is 6.36. The standard InChI is InChI=1S/C8H13NO2/c9-7-5-2-1-4(3-5)6(7)8(10)11/h4-7H,1-3,9H2,(H,10,11)/t4-,5-,6+,7-/m0/s1. The number of aliphatic carboxylic acids is 1. The fourth-order valence-corrected chi connectivity index (χ4v) is 2.70. The number of carboxylic acids is 1. The summed E-state index contributed by atoms with van der Waals surface area (Å²) in [6.07, 6.45) is 3.28. The summed E-state index contributed by atoms with van der Waals surface area (Å²) in [6.45, 7) is 0. The Balaban J connectivity index is 2.17. The number of carboxylic acid groups (broad SMARTS) is 1. The molecule has 3 N–H and O–H groups in total. The van der Waals surface area contributed by atoms with Gasteiger partial charge in [0.1, 0.15) is 0 Å². The van der Waals surface area contributed by atoms with Crippen LogP contribution >= 0.6 is 0 Å². The van der Waals surface area contributed by atoms with Gasteiger partial charge in [-0.05, 0) is 31.1 Å². The van der Waals surface area contributed by atoms with Crippen LogP contribution in [-0.2, 0) is 4.79 Å². The van der Waals surface area contributed by atoms with E-state index in [4.69, 9.17) is 10.8 Å². The Morgan fingerprint density at radius 2 is 2.00 bits per heavy atom. The molecule has 2 saturated carbocycles. The number of hydrogen-bond acceptors (Lipinski definition) is 2. The first-order chi connectivity index (χ1) is 5.20. The first-order valence-electron chi connectivity index (χ1n) is 4.18. The lowest BCUT2D eigenvalue weighted by molar-refractivity contribution is -0.144. The minimum atomic E-state index is -0.690. The van der Waals surface area contributed by atoms with Crippen LogP contribution in [-0.4, -0.2) is 17.1 Å². The van der Waals surface area contributed by atoms with Gasteiger partial charge in [0.2, 0.25) is 0 Å². The summed E-state index contributed by atoms with van der Waals surface area (Å²) >= 11 is 0. The van der Waals surface area contributed by atoms with Gasteiger partial charge in [0.15, 0.2) is 0 Å². The van der Waals surface area contributed by atoms with Crippen LogP contribution in [0.2, 0.25) is 0 Å². The van der Waals surface area contributed by atoms with Crippen molar-refractivity contribution in [1.82, 2.24) is 0 Å². The molecular formula is C8H13NO2. The number of rotatable bonds is 1. The van der Waals surface area contributed by atoms with Gasteiger partial charge >= 0.3 is 5.97 Å². The predicted molar refractivity (Wildman–Crippen MR) is 39.9 cm³/mol. The van der Waals surface area contributed by atoms with E-state index in [0.717, 1.165) is 19.3 Å². The highest BCUT2D eigenvalue weighted by atomic mass is 16.4.